The molecule has 0 spiro atoms. The van der Waals surface area contributed by atoms with Crippen molar-refractivity contribution in [3.8, 4) is 5.75 Å². The van der Waals surface area contributed by atoms with Gasteiger partial charge >= 0.3 is 0 Å². The molecule has 0 unspecified atom stereocenters. The first-order chi connectivity index (χ1) is 10.6. The Bertz CT molecular complexity index is 470. The van der Waals surface area contributed by atoms with E-state index in [0.29, 0.717) is 6.61 Å². The third-order valence-corrected chi connectivity index (χ3v) is 3.98. The van der Waals surface area contributed by atoms with Crippen LogP contribution in [0, 0.1) is 0 Å². The maximum Gasteiger partial charge on any atom is 0.256 e. The quantitative estimate of drug-likeness (QED) is 0.858. The third-order valence-electron chi connectivity index (χ3n) is 3.98. The molecule has 4 nitrogen and oxygen atoms in total. The smallest absolute Gasteiger partial charge is 0.256 e. The third kappa shape index (κ3) is 4.23. The average Bonchev–Trinajstić information content (AvgIpc) is 2.50. The van der Waals surface area contributed by atoms with E-state index in [0.717, 1.165) is 37.1 Å². The lowest BCUT2D eigenvalue weighted by Crippen LogP contribution is -2.47. The Morgan fingerprint density at radius 1 is 1.18 bits per heavy atom. The molecular formula is C18H27NO3. The molecule has 1 saturated carbocycles. The van der Waals surface area contributed by atoms with Gasteiger partial charge in [0.2, 0.25) is 0 Å². The predicted molar refractivity (Wildman–Crippen MR) is 88.3 cm³/mol. The molecule has 1 aromatic carbocycles. The Hall–Kier alpha value is -1.55. The molecule has 122 valence electrons. The van der Waals surface area contributed by atoms with Crippen LogP contribution in [0.4, 0.5) is 5.69 Å². The first kappa shape index (κ1) is 16.8. The molecule has 0 aliphatic heterocycles. The van der Waals surface area contributed by atoms with E-state index >= 15 is 0 Å². The van der Waals surface area contributed by atoms with Crippen LogP contribution in [0.2, 0.25) is 0 Å². The number of benzene rings is 1. The Morgan fingerprint density at radius 3 is 2.36 bits per heavy atom. The van der Waals surface area contributed by atoms with Crippen molar-refractivity contribution in [3.63, 3.8) is 0 Å². The standard InChI is InChI=1S/C18H27NO3/c1-4-21-18(12-6-5-7-13-18)17(20)19-15-8-10-16(11-9-15)22-14(2)3/h8-11,14H,4-7,12-13H2,1-3H3,(H,19,20). The monoisotopic (exact) mass is 305 g/mol. The molecule has 0 radical (unpaired) electrons. The van der Waals surface area contributed by atoms with Crippen molar-refractivity contribution >= 4 is 11.6 Å². The van der Waals surface area contributed by atoms with Gasteiger partial charge in [0.1, 0.15) is 11.4 Å². The van der Waals surface area contributed by atoms with Crippen molar-refractivity contribution in [1.82, 2.24) is 0 Å². The summed E-state index contributed by atoms with van der Waals surface area (Å²) in [6.07, 6.45) is 5.04. The SMILES string of the molecule is CCOC1(C(=O)Nc2ccc(OC(C)C)cc2)CCCCC1. The minimum absolute atomic E-state index is 0.0217. The predicted octanol–water partition coefficient (Wildman–Crippen LogP) is 4.15. The summed E-state index contributed by atoms with van der Waals surface area (Å²) in [5, 5.41) is 3.00. The van der Waals surface area contributed by atoms with Gasteiger partial charge in [-0.05, 0) is 57.9 Å². The molecule has 1 aliphatic rings. The number of rotatable bonds is 6. The average molecular weight is 305 g/mol. The molecule has 0 aromatic heterocycles. The molecule has 0 saturated heterocycles. The summed E-state index contributed by atoms with van der Waals surface area (Å²) < 4.78 is 11.5. The van der Waals surface area contributed by atoms with Gasteiger partial charge in [0.05, 0.1) is 6.10 Å². The largest absolute Gasteiger partial charge is 0.491 e. The Kier molecular flexibility index (Phi) is 5.83. The Morgan fingerprint density at radius 2 is 1.82 bits per heavy atom. The lowest BCUT2D eigenvalue weighted by molar-refractivity contribution is -0.145. The van der Waals surface area contributed by atoms with Gasteiger partial charge in [0.15, 0.2) is 0 Å². The fourth-order valence-electron chi connectivity index (χ4n) is 2.97. The molecule has 0 atom stereocenters. The normalized spacial score (nSPS) is 17.3. The van der Waals surface area contributed by atoms with Gasteiger partial charge in [0, 0.05) is 12.3 Å². The molecule has 0 bridgehead atoms. The fraction of sp³-hybridized carbons (Fsp3) is 0.611. The van der Waals surface area contributed by atoms with E-state index in [9.17, 15) is 4.79 Å². The molecule has 1 fully saturated rings. The summed E-state index contributed by atoms with van der Waals surface area (Å²) in [7, 11) is 0. The minimum atomic E-state index is -0.653. The number of amides is 1. The molecule has 1 N–H and O–H groups in total. The number of ether oxygens (including phenoxy) is 2. The molecule has 22 heavy (non-hydrogen) atoms. The summed E-state index contributed by atoms with van der Waals surface area (Å²) >= 11 is 0. The summed E-state index contributed by atoms with van der Waals surface area (Å²) in [5.41, 5.74) is 0.130. The van der Waals surface area contributed by atoms with Crippen LogP contribution in [0.5, 0.6) is 5.75 Å². The fourth-order valence-corrected chi connectivity index (χ4v) is 2.97. The van der Waals surface area contributed by atoms with Crippen LogP contribution in [0.25, 0.3) is 0 Å². The molecule has 2 rings (SSSR count). The van der Waals surface area contributed by atoms with Crippen LogP contribution in [0.3, 0.4) is 0 Å². The van der Waals surface area contributed by atoms with Crippen molar-refractivity contribution < 1.29 is 14.3 Å². The highest BCUT2D eigenvalue weighted by molar-refractivity contribution is 5.97. The maximum atomic E-state index is 12.7. The van der Waals surface area contributed by atoms with Gasteiger partial charge in [-0.15, -0.1) is 0 Å². The molecular weight excluding hydrogens is 278 g/mol. The second kappa shape index (κ2) is 7.63. The van der Waals surface area contributed by atoms with Crippen LogP contribution < -0.4 is 10.1 Å². The van der Waals surface area contributed by atoms with Crippen LogP contribution >= 0.6 is 0 Å². The highest BCUT2D eigenvalue weighted by Gasteiger charge is 2.40. The van der Waals surface area contributed by atoms with Gasteiger partial charge in [-0.2, -0.15) is 0 Å². The molecule has 4 heteroatoms. The summed E-state index contributed by atoms with van der Waals surface area (Å²) in [4.78, 5) is 12.7. The number of carbonyl (C=O) groups is 1. The summed E-state index contributed by atoms with van der Waals surface area (Å²) in [5.74, 6) is 0.789. The van der Waals surface area contributed by atoms with Crippen molar-refractivity contribution in [1.29, 1.82) is 0 Å². The summed E-state index contributed by atoms with van der Waals surface area (Å²) in [6.45, 7) is 6.49. The first-order valence-electron chi connectivity index (χ1n) is 8.28. The van der Waals surface area contributed by atoms with Gasteiger partial charge in [0.25, 0.3) is 5.91 Å². The van der Waals surface area contributed by atoms with Crippen LogP contribution in [-0.2, 0) is 9.53 Å². The van der Waals surface area contributed by atoms with Gasteiger partial charge in [-0.25, -0.2) is 0 Å². The van der Waals surface area contributed by atoms with Crippen molar-refractivity contribution in [2.45, 2.75) is 64.6 Å². The zero-order chi connectivity index (χ0) is 16.0. The van der Waals surface area contributed by atoms with E-state index in [2.05, 4.69) is 5.32 Å². The highest BCUT2D eigenvalue weighted by Crippen LogP contribution is 2.33. The minimum Gasteiger partial charge on any atom is -0.491 e. The van der Waals surface area contributed by atoms with Crippen molar-refractivity contribution in [3.05, 3.63) is 24.3 Å². The van der Waals surface area contributed by atoms with E-state index in [1.54, 1.807) is 0 Å². The van der Waals surface area contributed by atoms with Crippen LogP contribution in [0.15, 0.2) is 24.3 Å². The lowest BCUT2D eigenvalue weighted by Gasteiger charge is -2.35. The van der Waals surface area contributed by atoms with E-state index in [-0.39, 0.29) is 12.0 Å². The van der Waals surface area contributed by atoms with E-state index in [1.165, 1.54) is 6.42 Å². The summed E-state index contributed by atoms with van der Waals surface area (Å²) in [6, 6.07) is 7.50. The van der Waals surface area contributed by atoms with Crippen LogP contribution in [0.1, 0.15) is 52.9 Å². The van der Waals surface area contributed by atoms with Crippen molar-refractivity contribution in [2.24, 2.45) is 0 Å². The zero-order valence-electron chi connectivity index (χ0n) is 13.9. The van der Waals surface area contributed by atoms with E-state index in [1.807, 2.05) is 45.0 Å². The van der Waals surface area contributed by atoms with Gasteiger partial charge < -0.3 is 14.8 Å². The topological polar surface area (TPSA) is 47.6 Å². The number of hydrogen-bond donors (Lipinski definition) is 1. The molecule has 1 aromatic rings. The van der Waals surface area contributed by atoms with Gasteiger partial charge in [-0.1, -0.05) is 19.3 Å². The number of hydrogen-bond acceptors (Lipinski definition) is 3. The molecule has 1 aliphatic carbocycles. The number of anilines is 1. The van der Waals surface area contributed by atoms with E-state index < -0.39 is 5.60 Å². The van der Waals surface area contributed by atoms with Crippen molar-refractivity contribution in [2.75, 3.05) is 11.9 Å². The number of nitrogens with one attached hydrogen (secondary N) is 1. The van der Waals surface area contributed by atoms with Crippen LogP contribution in [-0.4, -0.2) is 24.2 Å². The second-order valence-electron chi connectivity index (χ2n) is 6.13. The Labute approximate surface area is 133 Å². The number of carbonyl (C=O) groups excluding carboxylic acids is 1. The lowest BCUT2D eigenvalue weighted by atomic mass is 9.83. The Balaban J connectivity index is 2.03. The molecule has 1 amide bonds. The van der Waals surface area contributed by atoms with E-state index in [4.69, 9.17) is 9.47 Å². The first-order valence-corrected chi connectivity index (χ1v) is 8.28. The van der Waals surface area contributed by atoms with Gasteiger partial charge in [-0.3, -0.25) is 4.79 Å². The zero-order valence-corrected chi connectivity index (χ0v) is 13.9. The molecule has 0 heterocycles. The highest BCUT2D eigenvalue weighted by atomic mass is 16.5. The maximum absolute atomic E-state index is 12.7. The second-order valence-corrected chi connectivity index (χ2v) is 6.13.